The van der Waals surface area contributed by atoms with Crippen molar-refractivity contribution in [1.82, 2.24) is 5.32 Å². The number of nitrogens with zero attached hydrogens (tertiary/aromatic N) is 1. The molecular weight excluding hydrogens is 452 g/mol. The van der Waals surface area contributed by atoms with Crippen molar-refractivity contribution in [3.8, 4) is 5.75 Å². The third-order valence-corrected chi connectivity index (χ3v) is 6.35. The van der Waals surface area contributed by atoms with Gasteiger partial charge in [-0.2, -0.15) is 0 Å². The van der Waals surface area contributed by atoms with Crippen LogP contribution in [0.5, 0.6) is 5.75 Å². The van der Waals surface area contributed by atoms with Crippen LogP contribution >= 0.6 is 0 Å². The maximum atomic E-state index is 13.0. The van der Waals surface area contributed by atoms with E-state index in [1.807, 2.05) is 45.0 Å². The number of rotatable bonds is 8. The first-order chi connectivity index (χ1) is 16.8. The Hall–Kier alpha value is -3.02. The fraction of sp³-hybridized carbons (Fsp3) is 0.533. The molecular formula is C30H42N2O4. The van der Waals surface area contributed by atoms with Crippen LogP contribution in [0.25, 0.3) is 0 Å². The van der Waals surface area contributed by atoms with Crippen LogP contribution in [0.1, 0.15) is 78.4 Å². The molecule has 0 aliphatic carbocycles. The molecule has 0 bridgehead atoms. The Balaban J connectivity index is 1.59. The molecule has 3 rings (SSSR count). The van der Waals surface area contributed by atoms with Crippen molar-refractivity contribution >= 4 is 17.6 Å². The van der Waals surface area contributed by atoms with E-state index in [-0.39, 0.29) is 11.8 Å². The zero-order chi connectivity index (χ0) is 26.5. The molecule has 1 fully saturated rings. The van der Waals surface area contributed by atoms with Crippen LogP contribution in [0.2, 0.25) is 0 Å². The third-order valence-electron chi connectivity index (χ3n) is 6.35. The number of piperidine rings is 1. The molecule has 2 aromatic rings. The van der Waals surface area contributed by atoms with Crippen LogP contribution in [0.4, 0.5) is 5.69 Å². The topological polar surface area (TPSA) is 67.9 Å². The van der Waals surface area contributed by atoms with Gasteiger partial charge in [0.15, 0.2) is 5.60 Å². The van der Waals surface area contributed by atoms with E-state index in [2.05, 4.69) is 48.3 Å². The lowest BCUT2D eigenvalue weighted by molar-refractivity contribution is -0.170. The predicted molar refractivity (Wildman–Crippen MR) is 144 cm³/mol. The molecule has 1 amide bonds. The van der Waals surface area contributed by atoms with Crippen LogP contribution in [0.3, 0.4) is 0 Å². The minimum absolute atomic E-state index is 0.0727. The van der Waals surface area contributed by atoms with Crippen molar-refractivity contribution in [2.45, 2.75) is 85.0 Å². The van der Waals surface area contributed by atoms with Gasteiger partial charge in [0.25, 0.3) is 0 Å². The van der Waals surface area contributed by atoms with E-state index in [1.165, 1.54) is 5.56 Å². The minimum Gasteiger partial charge on any atom is -0.476 e. The van der Waals surface area contributed by atoms with Crippen LogP contribution in [0, 0.1) is 5.92 Å². The first-order valence-electron chi connectivity index (χ1n) is 13.0. The lowest BCUT2D eigenvalue weighted by Gasteiger charge is -2.34. The number of amides is 1. The van der Waals surface area contributed by atoms with Gasteiger partial charge in [-0.25, -0.2) is 4.79 Å². The largest absolute Gasteiger partial charge is 0.476 e. The Morgan fingerprint density at radius 1 is 1.06 bits per heavy atom. The van der Waals surface area contributed by atoms with Crippen molar-refractivity contribution in [2.24, 2.45) is 5.92 Å². The molecule has 0 saturated carbocycles. The molecule has 1 atom stereocenters. The van der Waals surface area contributed by atoms with Crippen LogP contribution in [-0.4, -0.2) is 36.2 Å². The summed E-state index contributed by atoms with van der Waals surface area (Å²) in [5.41, 5.74) is 1.69. The van der Waals surface area contributed by atoms with Crippen LogP contribution < -0.4 is 15.0 Å². The molecule has 1 aliphatic rings. The van der Waals surface area contributed by atoms with Crippen molar-refractivity contribution in [3.05, 3.63) is 59.7 Å². The summed E-state index contributed by atoms with van der Waals surface area (Å²) in [6.45, 7) is 15.4. The molecule has 6 heteroatoms. The van der Waals surface area contributed by atoms with Gasteiger partial charge in [0.2, 0.25) is 5.91 Å². The number of anilines is 1. The summed E-state index contributed by atoms with van der Waals surface area (Å²) in [6, 6.07) is 16.2. The quantitative estimate of drug-likeness (QED) is 0.467. The summed E-state index contributed by atoms with van der Waals surface area (Å²) in [7, 11) is 0. The Labute approximate surface area is 216 Å². The number of hydrogen-bond donors (Lipinski definition) is 1. The SMILES string of the molecule is CC(C)c1ccc(CNC(=O)C2CCCN(c3cccc(OC(C)(C)C(=O)OC(C)(C)C)c3)C2)cc1. The fourth-order valence-electron chi connectivity index (χ4n) is 4.26. The van der Waals surface area contributed by atoms with E-state index in [1.54, 1.807) is 13.8 Å². The van der Waals surface area contributed by atoms with Gasteiger partial charge < -0.3 is 19.7 Å². The molecule has 0 spiro atoms. The molecule has 1 unspecified atom stereocenters. The number of nitrogens with one attached hydrogen (secondary N) is 1. The Bertz CT molecular complexity index is 1040. The standard InChI is InChI=1S/C30H42N2O4/c1-21(2)23-15-13-22(14-16-23)19-31-27(33)24-10-9-17-32(20-24)25-11-8-12-26(18-25)35-30(6,7)28(34)36-29(3,4)5/h8,11-16,18,21,24H,9-10,17,19-20H2,1-7H3,(H,31,33). The van der Waals surface area contributed by atoms with Gasteiger partial charge >= 0.3 is 5.97 Å². The summed E-state index contributed by atoms with van der Waals surface area (Å²) >= 11 is 0. The van der Waals surface area contributed by atoms with Gasteiger partial charge in [0.1, 0.15) is 11.4 Å². The van der Waals surface area contributed by atoms with Crippen molar-refractivity contribution in [3.63, 3.8) is 0 Å². The van der Waals surface area contributed by atoms with Crippen molar-refractivity contribution < 1.29 is 19.1 Å². The van der Waals surface area contributed by atoms with Crippen molar-refractivity contribution in [1.29, 1.82) is 0 Å². The average molecular weight is 495 g/mol. The zero-order valence-corrected chi connectivity index (χ0v) is 22.9. The average Bonchev–Trinajstić information content (AvgIpc) is 2.81. The second-order valence-corrected chi connectivity index (χ2v) is 11.5. The van der Waals surface area contributed by atoms with E-state index in [0.29, 0.717) is 24.8 Å². The van der Waals surface area contributed by atoms with Gasteiger partial charge in [-0.15, -0.1) is 0 Å². The van der Waals surface area contributed by atoms with E-state index in [0.717, 1.165) is 30.6 Å². The lowest BCUT2D eigenvalue weighted by Crippen LogP contribution is -2.43. The Kier molecular flexibility index (Phi) is 8.70. The molecule has 1 heterocycles. The summed E-state index contributed by atoms with van der Waals surface area (Å²) in [4.78, 5) is 27.8. The summed E-state index contributed by atoms with van der Waals surface area (Å²) < 4.78 is 11.6. The normalized spacial score (nSPS) is 16.6. The fourth-order valence-corrected chi connectivity index (χ4v) is 4.26. The summed E-state index contributed by atoms with van der Waals surface area (Å²) in [5.74, 6) is 0.699. The summed E-state index contributed by atoms with van der Waals surface area (Å²) in [6.07, 6.45) is 1.81. The number of esters is 1. The second kappa shape index (κ2) is 11.4. The lowest BCUT2D eigenvalue weighted by atomic mass is 9.96. The molecule has 1 aliphatic heterocycles. The zero-order valence-electron chi connectivity index (χ0n) is 22.9. The van der Waals surface area contributed by atoms with E-state index in [9.17, 15) is 9.59 Å². The van der Waals surface area contributed by atoms with Gasteiger partial charge in [0.05, 0.1) is 5.92 Å². The molecule has 36 heavy (non-hydrogen) atoms. The highest BCUT2D eigenvalue weighted by atomic mass is 16.6. The Morgan fingerprint density at radius 3 is 2.39 bits per heavy atom. The van der Waals surface area contributed by atoms with Crippen LogP contribution in [0.15, 0.2) is 48.5 Å². The van der Waals surface area contributed by atoms with Gasteiger partial charge in [0, 0.05) is 31.4 Å². The molecule has 0 aromatic heterocycles. The number of carbonyl (C=O) groups is 2. The minimum atomic E-state index is -1.12. The Morgan fingerprint density at radius 2 is 1.75 bits per heavy atom. The molecule has 6 nitrogen and oxygen atoms in total. The number of carbonyl (C=O) groups excluding carboxylic acids is 2. The molecule has 0 radical (unpaired) electrons. The third kappa shape index (κ3) is 7.74. The highest BCUT2D eigenvalue weighted by molar-refractivity contribution is 5.80. The highest BCUT2D eigenvalue weighted by Crippen LogP contribution is 2.29. The molecule has 1 N–H and O–H groups in total. The van der Waals surface area contributed by atoms with E-state index < -0.39 is 17.2 Å². The maximum Gasteiger partial charge on any atom is 0.350 e. The van der Waals surface area contributed by atoms with Crippen LogP contribution in [-0.2, 0) is 20.9 Å². The number of ether oxygens (including phenoxy) is 2. The van der Waals surface area contributed by atoms with E-state index in [4.69, 9.17) is 9.47 Å². The predicted octanol–water partition coefficient (Wildman–Crippen LogP) is 5.84. The molecule has 1 saturated heterocycles. The number of benzene rings is 2. The smallest absolute Gasteiger partial charge is 0.350 e. The second-order valence-electron chi connectivity index (χ2n) is 11.5. The van der Waals surface area contributed by atoms with Gasteiger partial charge in [-0.3, -0.25) is 4.79 Å². The first kappa shape index (κ1) is 27.6. The highest BCUT2D eigenvalue weighted by Gasteiger charge is 2.35. The first-order valence-corrected chi connectivity index (χ1v) is 13.0. The molecule has 2 aromatic carbocycles. The molecule has 196 valence electrons. The van der Waals surface area contributed by atoms with Crippen molar-refractivity contribution in [2.75, 3.05) is 18.0 Å². The number of hydrogen-bond acceptors (Lipinski definition) is 5. The van der Waals surface area contributed by atoms with Gasteiger partial charge in [-0.1, -0.05) is 44.2 Å². The van der Waals surface area contributed by atoms with E-state index >= 15 is 0 Å². The van der Waals surface area contributed by atoms with Gasteiger partial charge in [-0.05, 0) is 76.6 Å². The maximum absolute atomic E-state index is 13.0. The monoisotopic (exact) mass is 494 g/mol. The summed E-state index contributed by atoms with van der Waals surface area (Å²) in [5, 5.41) is 3.12.